The Kier molecular flexibility index (Phi) is 5.36. The molecule has 3 aromatic rings. The lowest BCUT2D eigenvalue weighted by molar-refractivity contribution is 0.378. The fraction of sp³-hybridized carbons (Fsp3) is 0.333. The molecule has 0 N–H and O–H groups in total. The van der Waals surface area contributed by atoms with E-state index in [9.17, 15) is 18.0 Å². The lowest BCUT2D eigenvalue weighted by Crippen LogP contribution is -2.48. The molecule has 0 atom stereocenters. The molecule has 2 heterocycles. The van der Waals surface area contributed by atoms with E-state index in [1.807, 2.05) is 24.3 Å². The Hall–Kier alpha value is -3.11. The fourth-order valence-corrected chi connectivity index (χ4v) is 5.39. The smallest absolute Gasteiger partial charge is 0.330 e. The third-order valence-electron chi connectivity index (χ3n) is 5.74. The standard InChI is InChI=1S/C21H24N4O5S/c1-22-17-9-8-15(14-16(17)20(26)23(2)21(22)27)31(28,29)25-12-10-24(11-13-25)18-6-4-5-7-19(18)30-3/h4-9,14H,10-13H2,1-3H3. The summed E-state index contributed by atoms with van der Waals surface area (Å²) < 4.78 is 35.6. The van der Waals surface area contributed by atoms with Gasteiger partial charge in [-0.25, -0.2) is 13.2 Å². The number of fused-ring (bicyclic) bond motifs is 1. The summed E-state index contributed by atoms with van der Waals surface area (Å²) in [7, 11) is 0.751. The molecule has 0 amide bonds. The summed E-state index contributed by atoms with van der Waals surface area (Å²) in [6.45, 7) is 1.65. The number of para-hydroxylation sites is 2. The maximum absolute atomic E-state index is 13.3. The van der Waals surface area contributed by atoms with Gasteiger partial charge in [0.05, 0.1) is 28.6 Å². The molecule has 1 saturated heterocycles. The van der Waals surface area contributed by atoms with Crippen molar-refractivity contribution in [3.05, 3.63) is 63.3 Å². The predicted octanol–water partition coefficient (Wildman–Crippen LogP) is 0.757. The molecule has 0 spiro atoms. The predicted molar refractivity (Wildman–Crippen MR) is 118 cm³/mol. The Balaban J connectivity index is 1.63. The van der Waals surface area contributed by atoms with Gasteiger partial charge < -0.3 is 9.64 Å². The average Bonchev–Trinajstić information content (AvgIpc) is 2.81. The van der Waals surface area contributed by atoms with E-state index in [-0.39, 0.29) is 10.3 Å². The number of benzene rings is 2. The monoisotopic (exact) mass is 444 g/mol. The largest absolute Gasteiger partial charge is 0.495 e. The number of aromatic nitrogens is 2. The molecule has 31 heavy (non-hydrogen) atoms. The minimum atomic E-state index is -3.79. The summed E-state index contributed by atoms with van der Waals surface area (Å²) in [4.78, 5) is 26.8. The number of hydrogen-bond acceptors (Lipinski definition) is 6. The highest BCUT2D eigenvalue weighted by molar-refractivity contribution is 7.89. The Morgan fingerprint density at radius 2 is 1.58 bits per heavy atom. The van der Waals surface area contributed by atoms with Crippen LogP contribution in [0.1, 0.15) is 0 Å². The molecule has 0 saturated carbocycles. The van der Waals surface area contributed by atoms with Gasteiger partial charge in [-0.1, -0.05) is 12.1 Å². The van der Waals surface area contributed by atoms with Crippen molar-refractivity contribution in [2.45, 2.75) is 4.90 Å². The molecule has 9 nitrogen and oxygen atoms in total. The Morgan fingerprint density at radius 3 is 2.26 bits per heavy atom. The molecular formula is C21H24N4O5S. The molecule has 0 radical (unpaired) electrons. The van der Waals surface area contributed by atoms with E-state index in [1.54, 1.807) is 14.2 Å². The average molecular weight is 445 g/mol. The lowest BCUT2D eigenvalue weighted by Gasteiger charge is -2.36. The van der Waals surface area contributed by atoms with Crippen molar-refractivity contribution in [2.24, 2.45) is 14.1 Å². The van der Waals surface area contributed by atoms with Gasteiger partial charge >= 0.3 is 5.69 Å². The summed E-state index contributed by atoms with van der Waals surface area (Å²) >= 11 is 0. The van der Waals surface area contributed by atoms with Crippen LogP contribution in [0.2, 0.25) is 0 Å². The van der Waals surface area contributed by atoms with Gasteiger partial charge in [-0.05, 0) is 30.3 Å². The Bertz CT molecular complexity index is 1370. The van der Waals surface area contributed by atoms with Gasteiger partial charge in [0, 0.05) is 40.3 Å². The molecule has 1 aliphatic rings. The van der Waals surface area contributed by atoms with E-state index in [2.05, 4.69) is 4.90 Å². The van der Waals surface area contributed by atoms with Crippen molar-refractivity contribution in [3.8, 4) is 5.75 Å². The van der Waals surface area contributed by atoms with Crippen LogP contribution in [0.3, 0.4) is 0 Å². The molecule has 0 bridgehead atoms. The third kappa shape index (κ3) is 3.51. The minimum absolute atomic E-state index is 0.0430. The van der Waals surface area contributed by atoms with Gasteiger partial charge in [0.1, 0.15) is 5.75 Å². The van der Waals surface area contributed by atoms with Crippen LogP contribution in [0.25, 0.3) is 10.9 Å². The van der Waals surface area contributed by atoms with E-state index < -0.39 is 21.3 Å². The number of anilines is 1. The van der Waals surface area contributed by atoms with E-state index in [4.69, 9.17) is 4.74 Å². The maximum atomic E-state index is 13.3. The van der Waals surface area contributed by atoms with Crippen molar-refractivity contribution in [3.63, 3.8) is 0 Å². The van der Waals surface area contributed by atoms with Crippen LogP contribution in [0, 0.1) is 0 Å². The fourth-order valence-electron chi connectivity index (χ4n) is 3.94. The molecule has 1 fully saturated rings. The normalized spacial score (nSPS) is 15.4. The molecule has 4 rings (SSSR count). The highest BCUT2D eigenvalue weighted by atomic mass is 32.2. The molecular weight excluding hydrogens is 420 g/mol. The van der Waals surface area contributed by atoms with Crippen molar-refractivity contribution in [1.29, 1.82) is 0 Å². The van der Waals surface area contributed by atoms with Crippen molar-refractivity contribution in [1.82, 2.24) is 13.4 Å². The number of ether oxygens (including phenoxy) is 1. The quantitative estimate of drug-likeness (QED) is 0.590. The first-order chi connectivity index (χ1) is 14.8. The number of sulfonamides is 1. The van der Waals surface area contributed by atoms with E-state index in [1.165, 1.54) is 34.1 Å². The van der Waals surface area contributed by atoms with Crippen LogP contribution >= 0.6 is 0 Å². The zero-order chi connectivity index (χ0) is 22.3. The first kappa shape index (κ1) is 21.1. The summed E-state index contributed by atoms with van der Waals surface area (Å²) in [5.74, 6) is 0.745. The topological polar surface area (TPSA) is 93.8 Å². The number of nitrogens with zero attached hydrogens (tertiary/aromatic N) is 4. The van der Waals surface area contributed by atoms with Crippen molar-refractivity contribution >= 4 is 26.6 Å². The number of aryl methyl sites for hydroxylation is 1. The zero-order valence-corrected chi connectivity index (χ0v) is 18.4. The van der Waals surface area contributed by atoms with Crippen LogP contribution < -0.4 is 20.9 Å². The molecule has 1 aromatic heterocycles. The number of piperazine rings is 1. The first-order valence-corrected chi connectivity index (χ1v) is 11.3. The van der Waals surface area contributed by atoms with Gasteiger partial charge in [0.25, 0.3) is 5.56 Å². The first-order valence-electron chi connectivity index (χ1n) is 9.83. The van der Waals surface area contributed by atoms with Gasteiger partial charge in [-0.15, -0.1) is 0 Å². The van der Waals surface area contributed by atoms with E-state index in [0.717, 1.165) is 16.0 Å². The van der Waals surface area contributed by atoms with Crippen LogP contribution in [0.15, 0.2) is 56.9 Å². The zero-order valence-electron chi connectivity index (χ0n) is 17.6. The molecule has 0 aliphatic carbocycles. The van der Waals surface area contributed by atoms with Crippen LogP contribution in [0.4, 0.5) is 5.69 Å². The third-order valence-corrected chi connectivity index (χ3v) is 7.64. The van der Waals surface area contributed by atoms with Gasteiger partial charge in [0.2, 0.25) is 10.0 Å². The molecule has 1 aliphatic heterocycles. The molecule has 2 aromatic carbocycles. The Labute approximate surface area is 179 Å². The van der Waals surface area contributed by atoms with Crippen LogP contribution in [0.5, 0.6) is 5.75 Å². The minimum Gasteiger partial charge on any atom is -0.495 e. The van der Waals surface area contributed by atoms with Gasteiger partial charge in [0.15, 0.2) is 0 Å². The number of rotatable bonds is 4. The van der Waals surface area contributed by atoms with Crippen LogP contribution in [-0.4, -0.2) is 55.1 Å². The summed E-state index contributed by atoms with van der Waals surface area (Å²) in [6.07, 6.45) is 0. The van der Waals surface area contributed by atoms with Crippen molar-refractivity contribution in [2.75, 3.05) is 38.2 Å². The van der Waals surface area contributed by atoms with Crippen molar-refractivity contribution < 1.29 is 13.2 Å². The van der Waals surface area contributed by atoms with Crippen LogP contribution in [-0.2, 0) is 24.1 Å². The lowest BCUT2D eigenvalue weighted by atomic mass is 10.2. The Morgan fingerprint density at radius 1 is 0.903 bits per heavy atom. The molecule has 10 heteroatoms. The van der Waals surface area contributed by atoms with E-state index >= 15 is 0 Å². The molecule has 0 unspecified atom stereocenters. The molecule has 164 valence electrons. The number of methoxy groups -OCH3 is 1. The summed E-state index contributed by atoms with van der Waals surface area (Å²) in [5.41, 5.74) is 0.349. The second kappa shape index (κ2) is 7.86. The number of hydrogen-bond donors (Lipinski definition) is 0. The maximum Gasteiger partial charge on any atom is 0.330 e. The van der Waals surface area contributed by atoms with E-state index in [0.29, 0.717) is 31.7 Å². The SMILES string of the molecule is COc1ccccc1N1CCN(S(=O)(=O)c2ccc3c(c2)c(=O)n(C)c(=O)n3C)CC1. The second-order valence-electron chi connectivity index (χ2n) is 7.45. The van der Waals surface area contributed by atoms with Gasteiger partial charge in [-0.3, -0.25) is 13.9 Å². The summed E-state index contributed by atoms with van der Waals surface area (Å²) in [6, 6.07) is 12.0. The van der Waals surface area contributed by atoms with Gasteiger partial charge in [-0.2, -0.15) is 4.31 Å². The second-order valence-corrected chi connectivity index (χ2v) is 9.39. The highest BCUT2D eigenvalue weighted by Crippen LogP contribution is 2.29. The summed E-state index contributed by atoms with van der Waals surface area (Å²) in [5, 5.41) is 0.193. The highest BCUT2D eigenvalue weighted by Gasteiger charge is 2.30.